The molecule has 0 aromatic carbocycles. The van der Waals surface area contributed by atoms with Crippen LogP contribution in [-0.4, -0.2) is 100 Å². The smallest absolute Gasteiger partial charge is 0.427 e. The molecule has 0 bridgehead atoms. The van der Waals surface area contributed by atoms with Gasteiger partial charge < -0.3 is 34.8 Å². The average molecular weight is 1010 g/mol. The van der Waals surface area contributed by atoms with Gasteiger partial charge in [0.05, 0.1) is 0 Å². The number of nitrogens with zero attached hydrogens (tertiary/aromatic N) is 3. The van der Waals surface area contributed by atoms with Crippen LogP contribution in [0.3, 0.4) is 0 Å². The quantitative estimate of drug-likeness (QED) is 0.124. The molecular formula is C32H81B2Br2I2N3O4. The maximum atomic E-state index is 8.60. The van der Waals surface area contributed by atoms with Gasteiger partial charge in [0, 0.05) is 52.0 Å². The van der Waals surface area contributed by atoms with Crippen molar-refractivity contribution in [1.29, 1.82) is 0 Å². The van der Waals surface area contributed by atoms with E-state index in [-0.39, 0.29) is 70.7 Å². The summed E-state index contributed by atoms with van der Waals surface area (Å²) in [5.74, 6) is 1.88. The highest BCUT2D eigenvalue weighted by atomic mass is 127. The normalized spacial score (nSPS) is 16.4. The van der Waals surface area contributed by atoms with Crippen molar-refractivity contribution in [2.75, 3.05) is 51.0 Å². The SMILES string of the molecule is Br.C.C.C.C.CB(O)O.CC.CC.CC.CCCC1C=CN(C)C1.CI.CN1C=CC(CB(O)O)C1.CN1C=CC(CBr)C1.I. The molecule has 3 heterocycles. The Hall–Kier alpha value is 1.01. The highest BCUT2D eigenvalue weighted by Crippen LogP contribution is 2.16. The van der Waals surface area contributed by atoms with Crippen molar-refractivity contribution in [1.82, 2.24) is 14.7 Å². The molecule has 0 amide bonds. The summed E-state index contributed by atoms with van der Waals surface area (Å²) in [4.78, 5) is 8.46. The van der Waals surface area contributed by atoms with E-state index in [1.54, 1.807) is 0 Å². The van der Waals surface area contributed by atoms with Gasteiger partial charge in [-0.25, -0.2) is 0 Å². The lowest BCUT2D eigenvalue weighted by molar-refractivity contribution is 0.382. The van der Waals surface area contributed by atoms with E-state index in [4.69, 9.17) is 20.1 Å². The van der Waals surface area contributed by atoms with Crippen LogP contribution in [0.5, 0.6) is 0 Å². The van der Waals surface area contributed by atoms with Crippen LogP contribution in [-0.2, 0) is 0 Å². The first-order valence-corrected chi connectivity index (χ1v) is 17.7. The number of rotatable bonds is 5. The zero-order valence-electron chi connectivity index (χ0n) is 28.0. The van der Waals surface area contributed by atoms with Crippen molar-refractivity contribution in [3.05, 3.63) is 36.8 Å². The van der Waals surface area contributed by atoms with Crippen LogP contribution in [0.1, 0.15) is 91.0 Å². The Labute approximate surface area is 335 Å². The van der Waals surface area contributed by atoms with E-state index >= 15 is 0 Å². The number of hydrogen-bond acceptors (Lipinski definition) is 7. The lowest BCUT2D eigenvalue weighted by atomic mass is 9.79. The van der Waals surface area contributed by atoms with Gasteiger partial charge >= 0.3 is 14.2 Å². The molecule has 0 spiro atoms. The number of halogens is 4. The van der Waals surface area contributed by atoms with Gasteiger partial charge in [0.2, 0.25) is 0 Å². The highest BCUT2D eigenvalue weighted by molar-refractivity contribution is 14.1. The third-order valence-electron chi connectivity index (χ3n) is 4.78. The van der Waals surface area contributed by atoms with Crippen molar-refractivity contribution in [3.63, 3.8) is 0 Å². The van der Waals surface area contributed by atoms with Crippen LogP contribution in [0, 0.1) is 17.8 Å². The molecule has 3 aliphatic heterocycles. The van der Waals surface area contributed by atoms with Gasteiger partial charge in [0.25, 0.3) is 0 Å². The van der Waals surface area contributed by atoms with Crippen LogP contribution in [0.15, 0.2) is 36.8 Å². The van der Waals surface area contributed by atoms with Crippen molar-refractivity contribution in [3.8, 4) is 0 Å². The number of alkyl halides is 2. The molecule has 0 fully saturated rings. The molecule has 3 aliphatic rings. The number of hydrogen-bond donors (Lipinski definition) is 4. The Bertz CT molecular complexity index is 558. The third kappa shape index (κ3) is 60.8. The topological polar surface area (TPSA) is 90.6 Å². The monoisotopic (exact) mass is 1010 g/mol. The molecule has 3 unspecified atom stereocenters. The Morgan fingerprint density at radius 1 is 0.689 bits per heavy atom. The molecule has 7 nitrogen and oxygen atoms in total. The predicted molar refractivity (Wildman–Crippen MR) is 242 cm³/mol. The summed E-state index contributed by atoms with van der Waals surface area (Å²) in [7, 11) is 3.87. The first-order chi connectivity index (χ1) is 18.6. The van der Waals surface area contributed by atoms with Crippen molar-refractivity contribution in [2.24, 2.45) is 17.8 Å². The van der Waals surface area contributed by atoms with Gasteiger partial charge in [-0.1, -0.05) is 141 Å². The summed E-state index contributed by atoms with van der Waals surface area (Å²) in [5.41, 5.74) is 0. The van der Waals surface area contributed by atoms with Gasteiger partial charge in [-0.15, -0.1) is 41.0 Å². The van der Waals surface area contributed by atoms with Gasteiger partial charge in [-0.3, -0.25) is 0 Å². The van der Waals surface area contributed by atoms with Crippen LogP contribution in [0.4, 0.5) is 0 Å². The van der Waals surface area contributed by atoms with E-state index in [0.717, 1.165) is 23.7 Å². The summed E-state index contributed by atoms with van der Waals surface area (Å²) in [6, 6.07) is 0. The van der Waals surface area contributed by atoms with Gasteiger partial charge in [0.15, 0.2) is 0 Å². The molecular weight excluding hydrogens is 926 g/mol. The van der Waals surface area contributed by atoms with Crippen molar-refractivity contribution >= 4 is 93.7 Å². The fourth-order valence-corrected chi connectivity index (χ4v) is 3.78. The van der Waals surface area contributed by atoms with Crippen LogP contribution in [0.25, 0.3) is 0 Å². The summed E-state index contributed by atoms with van der Waals surface area (Å²) in [6.07, 6.45) is 15.9. The molecule has 13 heteroatoms. The molecule has 0 aromatic heterocycles. The molecule has 45 heavy (non-hydrogen) atoms. The Kier molecular flexibility index (Phi) is 102. The lowest BCUT2D eigenvalue weighted by Crippen LogP contribution is -2.19. The van der Waals surface area contributed by atoms with Crippen LogP contribution < -0.4 is 0 Å². The second kappa shape index (κ2) is 60.3. The highest BCUT2D eigenvalue weighted by Gasteiger charge is 2.18. The lowest BCUT2D eigenvalue weighted by Gasteiger charge is -2.10. The molecule has 3 rings (SSSR count). The minimum atomic E-state index is -1.17. The first kappa shape index (κ1) is 76.0. The Balaban J connectivity index is -0.0000000347. The second-order valence-electron chi connectivity index (χ2n) is 8.41. The van der Waals surface area contributed by atoms with Crippen molar-refractivity contribution in [2.45, 2.75) is 104 Å². The zero-order chi connectivity index (χ0) is 31.8. The molecule has 0 radical (unpaired) electrons. The molecule has 3 atom stereocenters. The predicted octanol–water partition coefficient (Wildman–Crippen LogP) is 9.81. The minimum absolute atomic E-state index is 0. The summed E-state index contributed by atoms with van der Waals surface area (Å²) in [5, 5.41) is 33.5. The molecule has 0 aromatic rings. The first-order valence-electron chi connectivity index (χ1n) is 14.4. The molecule has 0 aliphatic carbocycles. The molecule has 0 saturated carbocycles. The summed E-state index contributed by atoms with van der Waals surface area (Å²) < 4.78 is 0. The van der Waals surface area contributed by atoms with Crippen LogP contribution in [0.2, 0.25) is 13.1 Å². The fraction of sp³-hybridized carbons (Fsp3) is 0.812. The maximum absolute atomic E-state index is 8.60. The molecule has 282 valence electrons. The summed E-state index contributed by atoms with van der Waals surface area (Å²) in [6.45, 7) is 18.8. The molecule has 0 saturated heterocycles. The Morgan fingerprint density at radius 2 is 0.956 bits per heavy atom. The van der Waals surface area contributed by atoms with E-state index in [1.807, 2.05) is 70.7 Å². The van der Waals surface area contributed by atoms with Gasteiger partial charge in [-0.2, -0.15) is 0 Å². The maximum Gasteiger partial charge on any atom is 0.452 e. The second-order valence-corrected chi connectivity index (χ2v) is 9.06. The summed E-state index contributed by atoms with van der Waals surface area (Å²) >= 11 is 5.58. The van der Waals surface area contributed by atoms with E-state index in [1.165, 1.54) is 32.8 Å². The standard InChI is InChI=1S/C8H15N.C6H12BNO2.C6H10BrN.3C2H6.CH5BO2.CH3I.4CH4.BrH.HI/c1-3-4-8-5-6-9(2)7-8;1-8-3-2-6(5-8)4-7(9)10;1-8-3-2-6(4-7)5-8;3*1-2;1-2(3)4;1-2;;;;;;/h5-6,8H,3-4,7H2,1-2H3;2-3,6,9-10H,4-5H2,1H3;2-3,6H,4-5H2,1H3;3*1-2H3;3-4H,1H3;1H3;4*1H4;2*1H. The van der Waals surface area contributed by atoms with E-state index in [9.17, 15) is 0 Å². The minimum Gasteiger partial charge on any atom is -0.427 e. The largest absolute Gasteiger partial charge is 0.452 e. The zero-order valence-corrected chi connectivity index (χ0v) is 35.8. The van der Waals surface area contributed by atoms with Gasteiger partial charge in [0.1, 0.15) is 0 Å². The molecule has 4 N–H and O–H groups in total. The van der Waals surface area contributed by atoms with E-state index in [0.29, 0.717) is 12.2 Å². The average Bonchev–Trinajstić information content (AvgIpc) is 3.66. The van der Waals surface area contributed by atoms with Crippen molar-refractivity contribution < 1.29 is 20.1 Å². The third-order valence-corrected chi connectivity index (χ3v) is 5.61. The van der Waals surface area contributed by atoms with E-state index in [2.05, 4.69) is 93.9 Å². The fourth-order valence-electron chi connectivity index (χ4n) is 3.36. The Morgan fingerprint density at radius 3 is 1.13 bits per heavy atom. The van der Waals surface area contributed by atoms with E-state index < -0.39 is 14.2 Å². The van der Waals surface area contributed by atoms with Crippen LogP contribution >= 0.6 is 79.5 Å². The van der Waals surface area contributed by atoms with Gasteiger partial charge in [-0.05, 0) is 54.9 Å².